The number of nitrogens with one attached hydrogen (secondary N) is 1. The number of halogens is 2. The Bertz CT molecular complexity index is 886. The first-order chi connectivity index (χ1) is 11.5. The highest BCUT2D eigenvalue weighted by Crippen LogP contribution is 2.32. The van der Waals surface area contributed by atoms with E-state index >= 15 is 0 Å². The Morgan fingerprint density at radius 2 is 1.67 bits per heavy atom. The normalized spacial score (nSPS) is 10.6. The number of fused-ring (bicyclic) bond motifs is 1. The van der Waals surface area contributed by atoms with Crippen LogP contribution in [0, 0.1) is 6.92 Å². The van der Waals surface area contributed by atoms with Crippen LogP contribution in [0.25, 0.3) is 10.8 Å². The summed E-state index contributed by atoms with van der Waals surface area (Å²) in [6, 6.07) is 17.7. The summed E-state index contributed by atoms with van der Waals surface area (Å²) in [6.45, 7) is 1.94. The monoisotopic (exact) mass is 447 g/mol. The highest BCUT2D eigenvalue weighted by atomic mass is 79.9. The van der Waals surface area contributed by atoms with Crippen LogP contribution in [0.4, 0.5) is 5.69 Å². The zero-order valence-electron chi connectivity index (χ0n) is 13.0. The first-order valence-corrected chi connectivity index (χ1v) is 8.98. The van der Waals surface area contributed by atoms with Crippen LogP contribution < -0.4 is 10.1 Å². The molecule has 1 N–H and O–H groups in total. The minimum absolute atomic E-state index is 0.0505. The zero-order chi connectivity index (χ0) is 17.1. The molecule has 0 atom stereocenters. The summed E-state index contributed by atoms with van der Waals surface area (Å²) in [5.41, 5.74) is 1.80. The summed E-state index contributed by atoms with van der Waals surface area (Å²) in [4.78, 5) is 12.2. The summed E-state index contributed by atoms with van der Waals surface area (Å²) in [7, 11) is 0. The molecule has 24 heavy (non-hydrogen) atoms. The van der Waals surface area contributed by atoms with E-state index < -0.39 is 0 Å². The lowest BCUT2D eigenvalue weighted by Gasteiger charge is -2.12. The Morgan fingerprint density at radius 3 is 2.38 bits per heavy atom. The van der Waals surface area contributed by atoms with Gasteiger partial charge in [0.05, 0.1) is 5.69 Å². The van der Waals surface area contributed by atoms with Crippen LogP contribution in [0.15, 0.2) is 63.5 Å². The van der Waals surface area contributed by atoms with Crippen molar-refractivity contribution in [3.8, 4) is 5.75 Å². The van der Waals surface area contributed by atoms with Crippen LogP contribution in [0.5, 0.6) is 5.75 Å². The van der Waals surface area contributed by atoms with E-state index in [1.54, 1.807) is 0 Å². The molecule has 0 fully saturated rings. The highest BCUT2D eigenvalue weighted by Gasteiger charge is 2.11. The predicted octanol–water partition coefficient (Wildman–Crippen LogP) is 5.69. The van der Waals surface area contributed by atoms with E-state index in [0.717, 1.165) is 25.3 Å². The fraction of sp³-hybridized carbons (Fsp3) is 0.105. The number of aryl methyl sites for hydroxylation is 1. The number of benzene rings is 3. The minimum atomic E-state index is -0.214. The molecule has 3 rings (SSSR count). The molecule has 5 heteroatoms. The van der Waals surface area contributed by atoms with Crippen LogP contribution in [0.2, 0.25) is 0 Å². The van der Waals surface area contributed by atoms with Crippen molar-refractivity contribution in [2.24, 2.45) is 0 Å². The molecule has 0 saturated carbocycles. The molecule has 0 spiro atoms. The van der Waals surface area contributed by atoms with E-state index in [2.05, 4.69) is 37.2 Å². The van der Waals surface area contributed by atoms with Gasteiger partial charge in [0.25, 0.3) is 5.91 Å². The molecule has 0 radical (unpaired) electrons. The van der Waals surface area contributed by atoms with Crippen molar-refractivity contribution < 1.29 is 9.53 Å². The van der Waals surface area contributed by atoms with E-state index in [9.17, 15) is 4.79 Å². The van der Waals surface area contributed by atoms with Gasteiger partial charge < -0.3 is 10.1 Å². The number of ether oxygens (including phenoxy) is 1. The molecule has 0 aliphatic rings. The minimum Gasteiger partial charge on any atom is -0.484 e. The molecule has 0 aliphatic carbocycles. The lowest BCUT2D eigenvalue weighted by molar-refractivity contribution is -0.118. The second-order valence-electron chi connectivity index (χ2n) is 5.45. The van der Waals surface area contributed by atoms with Gasteiger partial charge in [0, 0.05) is 8.95 Å². The van der Waals surface area contributed by atoms with Crippen molar-refractivity contribution in [3.63, 3.8) is 0 Å². The predicted molar refractivity (Wildman–Crippen MR) is 105 cm³/mol. The molecule has 1 amide bonds. The first kappa shape index (κ1) is 17.0. The van der Waals surface area contributed by atoms with Gasteiger partial charge in [-0.05, 0) is 79.4 Å². The van der Waals surface area contributed by atoms with Crippen LogP contribution in [0.3, 0.4) is 0 Å². The largest absolute Gasteiger partial charge is 0.484 e. The van der Waals surface area contributed by atoms with Gasteiger partial charge in [0.2, 0.25) is 0 Å². The third kappa shape index (κ3) is 3.97. The van der Waals surface area contributed by atoms with Gasteiger partial charge in [-0.2, -0.15) is 0 Å². The van der Waals surface area contributed by atoms with Crippen molar-refractivity contribution in [3.05, 3.63) is 69.1 Å². The highest BCUT2D eigenvalue weighted by molar-refractivity contribution is 9.11. The topological polar surface area (TPSA) is 38.3 Å². The van der Waals surface area contributed by atoms with E-state index in [-0.39, 0.29) is 12.5 Å². The molecule has 0 saturated heterocycles. The standard InChI is InChI=1S/C19H15Br2NO2/c1-12-8-16(20)19(17(21)9-12)22-18(23)11-24-15-7-6-13-4-2-3-5-14(13)10-15/h2-10H,11H2,1H3,(H,22,23). The van der Waals surface area contributed by atoms with Crippen LogP contribution in [-0.2, 0) is 4.79 Å². The van der Waals surface area contributed by atoms with E-state index in [4.69, 9.17) is 4.74 Å². The Kier molecular flexibility index (Phi) is 5.21. The van der Waals surface area contributed by atoms with E-state index in [1.807, 2.05) is 61.5 Å². The third-order valence-corrected chi connectivity index (χ3v) is 4.79. The quantitative estimate of drug-likeness (QED) is 0.556. The zero-order valence-corrected chi connectivity index (χ0v) is 16.1. The van der Waals surface area contributed by atoms with Gasteiger partial charge >= 0.3 is 0 Å². The van der Waals surface area contributed by atoms with Crippen molar-refractivity contribution in [2.45, 2.75) is 6.92 Å². The van der Waals surface area contributed by atoms with Crippen molar-refractivity contribution in [1.82, 2.24) is 0 Å². The molecule has 0 unspecified atom stereocenters. The summed E-state index contributed by atoms with van der Waals surface area (Å²) >= 11 is 6.93. The molecule has 0 aliphatic heterocycles. The van der Waals surface area contributed by atoms with Gasteiger partial charge in [-0.15, -0.1) is 0 Å². The van der Waals surface area contributed by atoms with Crippen LogP contribution in [-0.4, -0.2) is 12.5 Å². The molecule has 0 bridgehead atoms. The maximum Gasteiger partial charge on any atom is 0.262 e. The van der Waals surface area contributed by atoms with Gasteiger partial charge in [-0.25, -0.2) is 0 Å². The first-order valence-electron chi connectivity index (χ1n) is 7.40. The second-order valence-corrected chi connectivity index (χ2v) is 7.16. The van der Waals surface area contributed by atoms with Crippen molar-refractivity contribution in [2.75, 3.05) is 11.9 Å². The Balaban J connectivity index is 1.67. The van der Waals surface area contributed by atoms with Gasteiger partial charge in [0.1, 0.15) is 5.75 Å². The molecule has 3 aromatic carbocycles. The number of hydrogen-bond donors (Lipinski definition) is 1. The third-order valence-electron chi connectivity index (χ3n) is 3.54. The lowest BCUT2D eigenvalue weighted by Crippen LogP contribution is -2.20. The average Bonchev–Trinajstić information content (AvgIpc) is 2.56. The Morgan fingerprint density at radius 1 is 1.00 bits per heavy atom. The number of hydrogen-bond acceptors (Lipinski definition) is 2. The number of anilines is 1. The number of amides is 1. The van der Waals surface area contributed by atoms with Gasteiger partial charge in [0.15, 0.2) is 6.61 Å². The summed E-state index contributed by atoms with van der Waals surface area (Å²) < 4.78 is 7.26. The molecular formula is C19H15Br2NO2. The van der Waals surface area contributed by atoms with Crippen molar-refractivity contribution in [1.29, 1.82) is 0 Å². The molecular weight excluding hydrogens is 434 g/mol. The fourth-order valence-corrected chi connectivity index (χ4v) is 4.01. The van der Waals surface area contributed by atoms with Gasteiger partial charge in [-0.3, -0.25) is 4.79 Å². The second kappa shape index (κ2) is 7.36. The fourth-order valence-electron chi connectivity index (χ4n) is 2.40. The maximum atomic E-state index is 12.2. The van der Waals surface area contributed by atoms with Crippen LogP contribution >= 0.6 is 31.9 Å². The molecule has 0 aromatic heterocycles. The lowest BCUT2D eigenvalue weighted by atomic mass is 10.1. The van der Waals surface area contributed by atoms with Crippen molar-refractivity contribution >= 4 is 54.2 Å². The molecule has 122 valence electrons. The maximum absolute atomic E-state index is 12.2. The SMILES string of the molecule is Cc1cc(Br)c(NC(=O)COc2ccc3ccccc3c2)c(Br)c1. The average molecular weight is 449 g/mol. The smallest absolute Gasteiger partial charge is 0.262 e. The molecule has 3 nitrogen and oxygen atoms in total. The number of carbonyl (C=O) groups excluding carboxylic acids is 1. The van der Waals surface area contributed by atoms with Crippen LogP contribution in [0.1, 0.15) is 5.56 Å². The molecule has 0 heterocycles. The summed E-state index contributed by atoms with van der Waals surface area (Å²) in [5, 5.41) is 5.08. The summed E-state index contributed by atoms with van der Waals surface area (Å²) in [5.74, 6) is 0.458. The number of rotatable bonds is 4. The Labute approximate surface area is 157 Å². The van der Waals surface area contributed by atoms with E-state index in [0.29, 0.717) is 11.4 Å². The van der Waals surface area contributed by atoms with Gasteiger partial charge in [-0.1, -0.05) is 30.3 Å². The Hall–Kier alpha value is -1.85. The number of carbonyl (C=O) groups is 1. The summed E-state index contributed by atoms with van der Waals surface area (Å²) in [6.07, 6.45) is 0. The molecule has 3 aromatic rings. The van der Waals surface area contributed by atoms with E-state index in [1.165, 1.54) is 0 Å².